The summed E-state index contributed by atoms with van der Waals surface area (Å²) in [7, 11) is 0. The van der Waals surface area contributed by atoms with Gasteiger partial charge in [0.1, 0.15) is 5.92 Å². The topological polar surface area (TPSA) is 97.5 Å². The number of ketones is 1. The van der Waals surface area contributed by atoms with E-state index in [9.17, 15) is 14.4 Å². The maximum atomic E-state index is 10.7. The largest absolute Gasteiger partial charge is 0.481 e. The van der Waals surface area contributed by atoms with Crippen LogP contribution in [0.4, 0.5) is 0 Å². The highest BCUT2D eigenvalue weighted by Gasteiger charge is 2.21. The van der Waals surface area contributed by atoms with Crippen molar-refractivity contribution in [2.75, 3.05) is 0 Å². The molecule has 0 bridgehead atoms. The van der Waals surface area contributed by atoms with Crippen LogP contribution in [0.1, 0.15) is 13.3 Å². The van der Waals surface area contributed by atoms with Crippen LogP contribution in [0.2, 0.25) is 0 Å². The summed E-state index contributed by atoms with van der Waals surface area (Å²) in [6.45, 7) is 1.22. The van der Waals surface area contributed by atoms with E-state index in [-0.39, 0.29) is 0 Å². The number of carbonyl (C=O) groups excluding carboxylic acids is 2. The first-order chi connectivity index (χ1) is 4.95. The average molecular weight is 159 g/mol. The van der Waals surface area contributed by atoms with Gasteiger partial charge in [0, 0.05) is 0 Å². The van der Waals surface area contributed by atoms with Gasteiger partial charge in [-0.25, -0.2) is 0 Å². The van der Waals surface area contributed by atoms with Crippen molar-refractivity contribution < 1.29 is 19.5 Å². The minimum atomic E-state index is -1.24. The Morgan fingerprint density at radius 1 is 1.45 bits per heavy atom. The second-order valence-corrected chi connectivity index (χ2v) is 2.17. The van der Waals surface area contributed by atoms with Gasteiger partial charge in [-0.1, -0.05) is 0 Å². The molecule has 62 valence electrons. The number of carbonyl (C=O) groups is 3. The third-order valence-corrected chi connectivity index (χ3v) is 1.20. The van der Waals surface area contributed by atoms with Crippen LogP contribution in [0.15, 0.2) is 0 Å². The molecule has 3 N–H and O–H groups in total. The summed E-state index contributed by atoms with van der Waals surface area (Å²) in [6, 6.07) is 0. The molecule has 5 nitrogen and oxygen atoms in total. The van der Waals surface area contributed by atoms with Crippen molar-refractivity contribution in [2.45, 2.75) is 13.3 Å². The van der Waals surface area contributed by atoms with Crippen molar-refractivity contribution in [2.24, 2.45) is 11.7 Å². The predicted molar refractivity (Wildman–Crippen MR) is 35.6 cm³/mol. The quantitative estimate of drug-likeness (QED) is 0.522. The Balaban J connectivity index is 4.04. The van der Waals surface area contributed by atoms with Crippen molar-refractivity contribution in [1.29, 1.82) is 0 Å². The van der Waals surface area contributed by atoms with E-state index in [1.807, 2.05) is 0 Å². The standard InChI is InChI=1S/C6H9NO4/c1-3(6(10)11)4(8)2-5(7)9/h3H,2H2,1H3,(H2,7,9)(H,10,11). The summed E-state index contributed by atoms with van der Waals surface area (Å²) >= 11 is 0. The maximum absolute atomic E-state index is 10.7. The summed E-state index contributed by atoms with van der Waals surface area (Å²) < 4.78 is 0. The molecule has 0 aromatic rings. The molecular weight excluding hydrogens is 150 g/mol. The summed E-state index contributed by atoms with van der Waals surface area (Å²) in [6.07, 6.45) is -0.506. The fourth-order valence-electron chi connectivity index (χ4n) is 0.463. The molecule has 0 aromatic heterocycles. The number of hydrogen-bond donors (Lipinski definition) is 2. The summed E-state index contributed by atoms with van der Waals surface area (Å²) in [5, 5.41) is 8.29. The van der Waals surface area contributed by atoms with Crippen molar-refractivity contribution in [3.8, 4) is 0 Å². The van der Waals surface area contributed by atoms with Crippen LogP contribution < -0.4 is 5.73 Å². The van der Waals surface area contributed by atoms with E-state index in [0.717, 1.165) is 0 Å². The van der Waals surface area contributed by atoms with E-state index in [1.165, 1.54) is 6.92 Å². The second kappa shape index (κ2) is 3.70. The van der Waals surface area contributed by atoms with Crippen LogP contribution in [0.25, 0.3) is 0 Å². The van der Waals surface area contributed by atoms with Crippen molar-refractivity contribution in [3.63, 3.8) is 0 Å². The lowest BCUT2D eigenvalue weighted by Gasteiger charge is -2.01. The van der Waals surface area contributed by atoms with E-state index in [4.69, 9.17) is 5.11 Å². The molecule has 0 heterocycles. The third kappa shape index (κ3) is 3.34. The van der Waals surface area contributed by atoms with Crippen LogP contribution in [0, 0.1) is 5.92 Å². The normalized spacial score (nSPS) is 12.1. The molecule has 0 aliphatic carbocycles. The van der Waals surface area contributed by atoms with Gasteiger partial charge < -0.3 is 10.8 Å². The molecule has 0 rings (SSSR count). The van der Waals surface area contributed by atoms with Gasteiger partial charge in [0.05, 0.1) is 6.42 Å². The first-order valence-corrected chi connectivity index (χ1v) is 2.99. The molecule has 0 saturated heterocycles. The highest BCUT2D eigenvalue weighted by atomic mass is 16.4. The molecule has 0 radical (unpaired) electrons. The lowest BCUT2D eigenvalue weighted by Crippen LogP contribution is -2.25. The van der Waals surface area contributed by atoms with Crippen molar-refractivity contribution in [1.82, 2.24) is 0 Å². The summed E-state index contributed by atoms with van der Waals surface area (Å²) in [5.74, 6) is -3.85. The van der Waals surface area contributed by atoms with Gasteiger partial charge in [0.25, 0.3) is 0 Å². The molecule has 1 unspecified atom stereocenters. The van der Waals surface area contributed by atoms with Crippen molar-refractivity contribution in [3.05, 3.63) is 0 Å². The molecule has 1 atom stereocenters. The van der Waals surface area contributed by atoms with Gasteiger partial charge in [0.2, 0.25) is 5.91 Å². The zero-order valence-corrected chi connectivity index (χ0v) is 6.03. The maximum Gasteiger partial charge on any atom is 0.313 e. The van der Waals surface area contributed by atoms with Gasteiger partial charge >= 0.3 is 5.97 Å². The van der Waals surface area contributed by atoms with Crippen LogP contribution in [0.5, 0.6) is 0 Å². The van der Waals surface area contributed by atoms with Crippen LogP contribution in [0.3, 0.4) is 0 Å². The first kappa shape index (κ1) is 9.61. The number of primary amides is 1. The summed E-state index contributed by atoms with van der Waals surface area (Å²) in [4.78, 5) is 31.0. The van der Waals surface area contributed by atoms with Gasteiger partial charge in [-0.2, -0.15) is 0 Å². The van der Waals surface area contributed by atoms with Gasteiger partial charge in [0.15, 0.2) is 5.78 Å². The monoisotopic (exact) mass is 159 g/mol. The zero-order chi connectivity index (χ0) is 9.02. The Bertz CT molecular complexity index is 199. The number of hydrogen-bond acceptors (Lipinski definition) is 3. The fraction of sp³-hybridized carbons (Fsp3) is 0.500. The SMILES string of the molecule is CC(C(=O)O)C(=O)CC(N)=O. The molecule has 1 amide bonds. The molecule has 5 heteroatoms. The Hall–Kier alpha value is -1.39. The lowest BCUT2D eigenvalue weighted by atomic mass is 10.0. The zero-order valence-electron chi connectivity index (χ0n) is 6.03. The lowest BCUT2D eigenvalue weighted by molar-refractivity contribution is -0.145. The number of amides is 1. The molecule has 11 heavy (non-hydrogen) atoms. The molecule has 0 fully saturated rings. The Morgan fingerprint density at radius 3 is 2.18 bits per heavy atom. The van der Waals surface area contributed by atoms with E-state index in [1.54, 1.807) is 0 Å². The van der Waals surface area contributed by atoms with Crippen LogP contribution in [-0.4, -0.2) is 22.8 Å². The third-order valence-electron chi connectivity index (χ3n) is 1.20. The smallest absolute Gasteiger partial charge is 0.313 e. The van der Waals surface area contributed by atoms with Gasteiger partial charge in [-0.05, 0) is 6.92 Å². The van der Waals surface area contributed by atoms with Crippen molar-refractivity contribution >= 4 is 17.7 Å². The number of aliphatic carboxylic acids is 1. The van der Waals surface area contributed by atoms with Gasteiger partial charge in [-0.3, -0.25) is 14.4 Å². The Morgan fingerprint density at radius 2 is 1.91 bits per heavy atom. The van der Waals surface area contributed by atoms with E-state index in [2.05, 4.69) is 5.73 Å². The molecule has 0 aromatic carbocycles. The second-order valence-electron chi connectivity index (χ2n) is 2.17. The molecular formula is C6H9NO4. The van der Waals surface area contributed by atoms with E-state index < -0.39 is 30.0 Å². The predicted octanol–water partition coefficient (Wildman–Crippen LogP) is -0.848. The van der Waals surface area contributed by atoms with Gasteiger partial charge in [-0.15, -0.1) is 0 Å². The molecule has 0 spiro atoms. The Labute approximate surface area is 63.2 Å². The minimum Gasteiger partial charge on any atom is -0.481 e. The molecule has 0 aliphatic heterocycles. The Kier molecular flexibility index (Phi) is 3.23. The highest BCUT2D eigenvalue weighted by molar-refractivity contribution is 6.06. The molecule has 0 saturated carbocycles. The van der Waals surface area contributed by atoms with E-state index in [0.29, 0.717) is 0 Å². The first-order valence-electron chi connectivity index (χ1n) is 2.99. The number of carboxylic acids is 1. The van der Waals surface area contributed by atoms with E-state index >= 15 is 0 Å². The number of nitrogens with two attached hydrogens (primary N) is 1. The number of carboxylic acid groups (broad SMARTS) is 1. The van der Waals surface area contributed by atoms with Crippen LogP contribution in [-0.2, 0) is 14.4 Å². The average Bonchev–Trinajstić information content (AvgIpc) is 1.84. The fourth-order valence-corrected chi connectivity index (χ4v) is 0.463. The highest BCUT2D eigenvalue weighted by Crippen LogP contribution is 1.99. The minimum absolute atomic E-state index is 0.506. The number of Topliss-reactive ketones (excluding diaryl/α,β-unsaturated/α-hetero) is 1. The van der Waals surface area contributed by atoms with Crippen LogP contribution >= 0.6 is 0 Å². The number of rotatable bonds is 4. The summed E-state index contributed by atoms with van der Waals surface area (Å²) in [5.41, 5.74) is 4.68. The molecule has 0 aliphatic rings.